The molecule has 35 heavy (non-hydrogen) atoms. The highest BCUT2D eigenvalue weighted by Gasteiger charge is 2.32. The van der Waals surface area contributed by atoms with E-state index in [1.54, 1.807) is 13.2 Å². The summed E-state index contributed by atoms with van der Waals surface area (Å²) in [4.78, 5) is 14.2. The molecule has 0 spiro atoms. The number of carbonyl (C=O) groups is 1. The van der Waals surface area contributed by atoms with E-state index in [1.165, 1.54) is 22.5 Å². The molecular weight excluding hydrogens is 516 g/mol. The van der Waals surface area contributed by atoms with Gasteiger partial charge in [-0.2, -0.15) is 4.31 Å². The van der Waals surface area contributed by atoms with Crippen molar-refractivity contribution < 1.29 is 22.3 Å². The van der Waals surface area contributed by atoms with Crippen LogP contribution in [0.3, 0.4) is 0 Å². The van der Waals surface area contributed by atoms with E-state index in [1.807, 2.05) is 29.2 Å². The first kappa shape index (κ1) is 25.2. The lowest BCUT2D eigenvalue weighted by Crippen LogP contribution is -2.48. The quantitative estimate of drug-likeness (QED) is 0.483. The number of para-hydroxylation sites is 2. The molecule has 1 N–H and O–H groups in total. The number of benzene rings is 3. The minimum Gasteiger partial charge on any atom is -0.495 e. The van der Waals surface area contributed by atoms with Gasteiger partial charge in [0.15, 0.2) is 0 Å². The fraction of sp³-hybridized carbons (Fsp3) is 0.208. The summed E-state index contributed by atoms with van der Waals surface area (Å²) in [6, 6.07) is 15.2. The van der Waals surface area contributed by atoms with Crippen LogP contribution < -0.4 is 15.0 Å². The molecular formula is C24H22Cl2FN3O4S. The van der Waals surface area contributed by atoms with Gasteiger partial charge < -0.3 is 15.0 Å². The summed E-state index contributed by atoms with van der Waals surface area (Å²) in [5.74, 6) is -0.848. The molecule has 1 aliphatic heterocycles. The zero-order chi connectivity index (χ0) is 25.2. The molecule has 1 amide bonds. The van der Waals surface area contributed by atoms with E-state index >= 15 is 0 Å². The van der Waals surface area contributed by atoms with Crippen LogP contribution >= 0.6 is 23.2 Å². The number of nitrogens with one attached hydrogen (secondary N) is 1. The summed E-state index contributed by atoms with van der Waals surface area (Å²) in [5, 5.41) is 3.18. The molecule has 0 unspecified atom stereocenters. The van der Waals surface area contributed by atoms with Crippen LogP contribution in [0.5, 0.6) is 5.75 Å². The Morgan fingerprint density at radius 2 is 1.69 bits per heavy atom. The van der Waals surface area contributed by atoms with Crippen LogP contribution in [0.2, 0.25) is 10.0 Å². The van der Waals surface area contributed by atoms with Crippen LogP contribution in [0.1, 0.15) is 10.4 Å². The van der Waals surface area contributed by atoms with Crippen molar-refractivity contribution in [1.29, 1.82) is 0 Å². The number of halogens is 3. The lowest BCUT2D eigenvalue weighted by atomic mass is 10.2. The van der Waals surface area contributed by atoms with Gasteiger partial charge in [0.2, 0.25) is 10.0 Å². The standard InChI is InChI=1S/C24H22Cl2FN3O4S/c1-34-22-5-3-2-4-21(22)29-10-12-30(13-11-29)35(32,33)23-14-16(6-9-20(23)27)24(31)28-17-7-8-18(25)19(26)15-17/h2-9,14-15H,10-13H2,1H3,(H,28,31). The monoisotopic (exact) mass is 537 g/mol. The lowest BCUT2D eigenvalue weighted by molar-refractivity contribution is 0.102. The summed E-state index contributed by atoms with van der Waals surface area (Å²) >= 11 is 11.9. The number of amides is 1. The molecule has 1 heterocycles. The smallest absolute Gasteiger partial charge is 0.255 e. The molecule has 0 aliphatic carbocycles. The molecule has 1 aliphatic rings. The van der Waals surface area contributed by atoms with Gasteiger partial charge in [-0.25, -0.2) is 12.8 Å². The topological polar surface area (TPSA) is 79.0 Å². The van der Waals surface area contributed by atoms with E-state index in [0.29, 0.717) is 29.5 Å². The van der Waals surface area contributed by atoms with Gasteiger partial charge in [-0.3, -0.25) is 4.79 Å². The number of ether oxygens (including phenoxy) is 1. The zero-order valence-electron chi connectivity index (χ0n) is 18.7. The van der Waals surface area contributed by atoms with E-state index in [9.17, 15) is 17.6 Å². The van der Waals surface area contributed by atoms with Crippen LogP contribution in [-0.4, -0.2) is 51.9 Å². The van der Waals surface area contributed by atoms with Gasteiger partial charge in [-0.05, 0) is 48.5 Å². The average Bonchev–Trinajstić information content (AvgIpc) is 2.86. The van der Waals surface area contributed by atoms with E-state index < -0.39 is 26.6 Å². The second-order valence-electron chi connectivity index (χ2n) is 7.79. The molecule has 0 aromatic heterocycles. The molecule has 0 saturated carbocycles. The van der Waals surface area contributed by atoms with Gasteiger partial charge >= 0.3 is 0 Å². The number of rotatable bonds is 6. The van der Waals surface area contributed by atoms with Gasteiger partial charge in [0, 0.05) is 37.4 Å². The molecule has 184 valence electrons. The summed E-state index contributed by atoms with van der Waals surface area (Å²) in [7, 11) is -2.60. The van der Waals surface area contributed by atoms with Crippen molar-refractivity contribution in [3.05, 3.63) is 82.1 Å². The Morgan fingerprint density at radius 3 is 2.37 bits per heavy atom. The highest BCUT2D eigenvalue weighted by Crippen LogP contribution is 2.30. The highest BCUT2D eigenvalue weighted by atomic mass is 35.5. The second-order valence-corrected chi connectivity index (χ2v) is 10.5. The molecule has 4 rings (SSSR count). The van der Waals surface area contributed by atoms with Crippen LogP contribution in [-0.2, 0) is 10.0 Å². The number of piperazine rings is 1. The van der Waals surface area contributed by atoms with Crippen molar-refractivity contribution in [2.24, 2.45) is 0 Å². The molecule has 1 saturated heterocycles. The number of nitrogens with zero attached hydrogens (tertiary/aromatic N) is 2. The number of anilines is 2. The summed E-state index contributed by atoms with van der Waals surface area (Å²) < 4.78 is 47.8. The van der Waals surface area contributed by atoms with E-state index in [2.05, 4.69) is 5.32 Å². The third-order valence-electron chi connectivity index (χ3n) is 5.65. The summed E-state index contributed by atoms with van der Waals surface area (Å²) in [6.07, 6.45) is 0. The maximum absolute atomic E-state index is 14.7. The van der Waals surface area contributed by atoms with Crippen molar-refractivity contribution in [2.75, 3.05) is 43.5 Å². The van der Waals surface area contributed by atoms with Crippen molar-refractivity contribution >= 4 is 50.5 Å². The molecule has 1 fully saturated rings. The van der Waals surface area contributed by atoms with Crippen LogP contribution in [0.4, 0.5) is 15.8 Å². The van der Waals surface area contributed by atoms with Gasteiger partial charge in [0.25, 0.3) is 5.91 Å². The largest absolute Gasteiger partial charge is 0.495 e. The Hall–Kier alpha value is -2.85. The van der Waals surface area contributed by atoms with E-state index in [-0.39, 0.29) is 23.7 Å². The Balaban J connectivity index is 1.51. The maximum atomic E-state index is 14.7. The number of carbonyl (C=O) groups excluding carboxylic acids is 1. The molecule has 0 bridgehead atoms. The van der Waals surface area contributed by atoms with Crippen molar-refractivity contribution in [2.45, 2.75) is 4.90 Å². The fourth-order valence-electron chi connectivity index (χ4n) is 3.82. The number of hydrogen-bond donors (Lipinski definition) is 1. The second kappa shape index (κ2) is 10.4. The minimum atomic E-state index is -4.17. The predicted molar refractivity (Wildman–Crippen MR) is 135 cm³/mol. The number of hydrogen-bond acceptors (Lipinski definition) is 5. The third kappa shape index (κ3) is 5.38. The Labute approximate surface area is 213 Å². The van der Waals surface area contributed by atoms with E-state index in [0.717, 1.165) is 17.8 Å². The van der Waals surface area contributed by atoms with Crippen molar-refractivity contribution in [3.8, 4) is 5.75 Å². The third-order valence-corrected chi connectivity index (χ3v) is 8.31. The summed E-state index contributed by atoms with van der Waals surface area (Å²) in [6.45, 7) is 1.11. The van der Waals surface area contributed by atoms with Crippen LogP contribution in [0, 0.1) is 5.82 Å². The van der Waals surface area contributed by atoms with Gasteiger partial charge in [0.05, 0.1) is 22.8 Å². The normalized spacial score (nSPS) is 14.6. The van der Waals surface area contributed by atoms with Gasteiger partial charge in [-0.1, -0.05) is 35.3 Å². The SMILES string of the molecule is COc1ccccc1N1CCN(S(=O)(=O)c2cc(C(=O)Nc3ccc(Cl)c(Cl)c3)ccc2F)CC1. The Kier molecular flexibility index (Phi) is 7.51. The first-order valence-corrected chi connectivity index (χ1v) is 12.8. The molecule has 11 heteroatoms. The first-order chi connectivity index (χ1) is 16.7. The highest BCUT2D eigenvalue weighted by molar-refractivity contribution is 7.89. The average molecular weight is 538 g/mol. The summed E-state index contributed by atoms with van der Waals surface area (Å²) in [5.41, 5.74) is 1.22. The number of methoxy groups -OCH3 is 1. The Bertz CT molecular complexity index is 1360. The molecule has 0 radical (unpaired) electrons. The predicted octanol–water partition coefficient (Wildman–Crippen LogP) is 4.90. The van der Waals surface area contributed by atoms with Crippen LogP contribution in [0.25, 0.3) is 0 Å². The van der Waals surface area contributed by atoms with Gasteiger partial charge in [-0.15, -0.1) is 0 Å². The van der Waals surface area contributed by atoms with Gasteiger partial charge in [0.1, 0.15) is 16.5 Å². The molecule has 3 aromatic rings. The van der Waals surface area contributed by atoms with Crippen LogP contribution in [0.15, 0.2) is 65.6 Å². The van der Waals surface area contributed by atoms with Crippen molar-refractivity contribution in [3.63, 3.8) is 0 Å². The molecule has 3 aromatic carbocycles. The minimum absolute atomic E-state index is 0.0105. The molecule has 7 nitrogen and oxygen atoms in total. The number of sulfonamides is 1. The fourth-order valence-corrected chi connectivity index (χ4v) is 5.63. The van der Waals surface area contributed by atoms with E-state index in [4.69, 9.17) is 27.9 Å². The Morgan fingerprint density at radius 1 is 0.971 bits per heavy atom. The maximum Gasteiger partial charge on any atom is 0.255 e. The first-order valence-electron chi connectivity index (χ1n) is 10.6. The molecule has 0 atom stereocenters. The lowest BCUT2D eigenvalue weighted by Gasteiger charge is -2.36. The van der Waals surface area contributed by atoms with Crippen molar-refractivity contribution in [1.82, 2.24) is 4.31 Å². The zero-order valence-corrected chi connectivity index (χ0v) is 21.0.